The van der Waals surface area contributed by atoms with Gasteiger partial charge in [-0.2, -0.15) is 0 Å². The van der Waals surface area contributed by atoms with E-state index in [4.69, 9.17) is 0 Å². The van der Waals surface area contributed by atoms with E-state index in [1.807, 2.05) is 12.4 Å². The van der Waals surface area contributed by atoms with Crippen molar-refractivity contribution in [2.75, 3.05) is 0 Å². The molecular formula is C27H41FN2. The fourth-order valence-corrected chi connectivity index (χ4v) is 3.85. The van der Waals surface area contributed by atoms with Gasteiger partial charge in [-0.05, 0) is 50.2 Å². The molecule has 0 bridgehead atoms. The first-order chi connectivity index (χ1) is 14.7. The van der Waals surface area contributed by atoms with Crippen LogP contribution in [0.15, 0.2) is 36.7 Å². The third-order valence-corrected chi connectivity index (χ3v) is 5.80. The number of unbranched alkanes of at least 4 members (excludes halogenated alkanes) is 9. The lowest BCUT2D eigenvalue weighted by Gasteiger charge is -2.06. The monoisotopic (exact) mass is 412 g/mol. The Balaban J connectivity index is 1.66. The predicted octanol–water partition coefficient (Wildman–Crippen LogP) is 8.29. The highest BCUT2D eigenvalue weighted by atomic mass is 19.1. The first kappa shape index (κ1) is 24.5. The third kappa shape index (κ3) is 10.3. The van der Waals surface area contributed by atoms with E-state index in [1.165, 1.54) is 62.5 Å². The van der Waals surface area contributed by atoms with Crippen LogP contribution >= 0.6 is 0 Å². The van der Waals surface area contributed by atoms with Crippen LogP contribution in [0.1, 0.15) is 102 Å². The van der Waals surface area contributed by atoms with Gasteiger partial charge in [0, 0.05) is 18.0 Å². The SMILES string of the molecule is CCCCCCCCCCc1cnc(-c2ccc(CCCCCC(C)F)cc2)nc1. The highest BCUT2D eigenvalue weighted by molar-refractivity contribution is 5.55. The maximum atomic E-state index is 12.8. The fraction of sp³-hybridized carbons (Fsp3) is 0.630. The van der Waals surface area contributed by atoms with Crippen LogP contribution < -0.4 is 0 Å². The highest BCUT2D eigenvalue weighted by Gasteiger charge is 2.03. The van der Waals surface area contributed by atoms with E-state index >= 15 is 0 Å². The molecule has 0 spiro atoms. The molecule has 0 aliphatic heterocycles. The van der Waals surface area contributed by atoms with E-state index < -0.39 is 6.17 Å². The van der Waals surface area contributed by atoms with Crippen LogP contribution in [-0.2, 0) is 12.8 Å². The predicted molar refractivity (Wildman–Crippen MR) is 127 cm³/mol. The molecule has 2 rings (SSSR count). The van der Waals surface area contributed by atoms with E-state index in [0.29, 0.717) is 6.42 Å². The first-order valence-electron chi connectivity index (χ1n) is 12.2. The van der Waals surface area contributed by atoms with Crippen LogP contribution in [0.5, 0.6) is 0 Å². The Hall–Kier alpha value is -1.77. The standard InChI is InChI=1S/C27H41FN2/c1-3-4-5-6-7-8-9-12-16-25-21-29-27(30-22-25)26-19-17-24(18-20-26)15-13-10-11-14-23(2)28/h17-23H,3-16H2,1-2H3. The van der Waals surface area contributed by atoms with Gasteiger partial charge in [0.05, 0.1) is 6.17 Å². The normalized spacial score (nSPS) is 12.2. The number of alkyl halides is 1. The Morgan fingerprint density at radius 2 is 1.23 bits per heavy atom. The lowest BCUT2D eigenvalue weighted by molar-refractivity contribution is 0.330. The molecule has 1 heterocycles. The molecule has 0 saturated heterocycles. The van der Waals surface area contributed by atoms with Gasteiger partial charge in [-0.3, -0.25) is 0 Å². The van der Waals surface area contributed by atoms with E-state index in [1.54, 1.807) is 6.92 Å². The second-order valence-corrected chi connectivity index (χ2v) is 8.72. The molecule has 0 aliphatic carbocycles. The summed E-state index contributed by atoms with van der Waals surface area (Å²) < 4.78 is 12.8. The molecule has 1 unspecified atom stereocenters. The van der Waals surface area contributed by atoms with Crippen molar-refractivity contribution in [2.24, 2.45) is 0 Å². The van der Waals surface area contributed by atoms with Gasteiger partial charge in [-0.15, -0.1) is 0 Å². The average Bonchev–Trinajstić information content (AvgIpc) is 2.76. The lowest BCUT2D eigenvalue weighted by atomic mass is 10.0. The van der Waals surface area contributed by atoms with Crippen LogP contribution in [0.2, 0.25) is 0 Å². The molecule has 0 radical (unpaired) electrons. The number of hydrogen-bond donors (Lipinski definition) is 0. The zero-order valence-corrected chi connectivity index (χ0v) is 19.2. The van der Waals surface area contributed by atoms with Crippen molar-refractivity contribution in [3.63, 3.8) is 0 Å². The van der Waals surface area contributed by atoms with E-state index in [9.17, 15) is 4.39 Å². The molecule has 166 valence electrons. The molecule has 1 atom stereocenters. The Labute approximate surface area is 183 Å². The molecule has 3 heteroatoms. The van der Waals surface area contributed by atoms with Crippen LogP contribution in [0.25, 0.3) is 11.4 Å². The van der Waals surface area contributed by atoms with Crippen LogP contribution in [0.3, 0.4) is 0 Å². The Morgan fingerprint density at radius 3 is 1.83 bits per heavy atom. The van der Waals surface area contributed by atoms with Crippen LogP contribution in [-0.4, -0.2) is 16.1 Å². The largest absolute Gasteiger partial charge is 0.248 e. The van der Waals surface area contributed by atoms with Crippen LogP contribution in [0, 0.1) is 0 Å². The number of nitrogens with zero attached hydrogens (tertiary/aromatic N) is 2. The number of benzene rings is 1. The Morgan fingerprint density at radius 1 is 0.700 bits per heavy atom. The molecule has 0 fully saturated rings. The smallest absolute Gasteiger partial charge is 0.159 e. The molecule has 0 saturated carbocycles. The molecule has 2 nitrogen and oxygen atoms in total. The van der Waals surface area contributed by atoms with Crippen molar-refractivity contribution in [3.8, 4) is 11.4 Å². The van der Waals surface area contributed by atoms with Gasteiger partial charge in [0.1, 0.15) is 0 Å². The summed E-state index contributed by atoms with van der Waals surface area (Å²) in [6.45, 7) is 3.91. The van der Waals surface area contributed by atoms with Crippen molar-refractivity contribution >= 4 is 0 Å². The van der Waals surface area contributed by atoms with Gasteiger partial charge in [-0.1, -0.05) is 89.0 Å². The molecule has 0 aliphatic rings. The van der Waals surface area contributed by atoms with Gasteiger partial charge >= 0.3 is 0 Å². The zero-order chi connectivity index (χ0) is 21.4. The molecule has 30 heavy (non-hydrogen) atoms. The van der Waals surface area contributed by atoms with Crippen molar-refractivity contribution in [2.45, 2.75) is 110 Å². The minimum Gasteiger partial charge on any atom is -0.248 e. The van der Waals surface area contributed by atoms with Crippen molar-refractivity contribution < 1.29 is 4.39 Å². The van der Waals surface area contributed by atoms with Crippen molar-refractivity contribution in [3.05, 3.63) is 47.8 Å². The van der Waals surface area contributed by atoms with E-state index in [0.717, 1.165) is 43.5 Å². The topological polar surface area (TPSA) is 25.8 Å². The van der Waals surface area contributed by atoms with Gasteiger partial charge in [-0.25, -0.2) is 14.4 Å². The summed E-state index contributed by atoms with van der Waals surface area (Å²) in [4.78, 5) is 9.17. The number of aromatic nitrogens is 2. The quantitative estimate of drug-likeness (QED) is 0.259. The molecule has 1 aromatic heterocycles. The number of aryl methyl sites for hydroxylation is 2. The molecular weight excluding hydrogens is 371 g/mol. The summed E-state index contributed by atoms with van der Waals surface area (Å²) in [6.07, 6.45) is 20.1. The number of hydrogen-bond acceptors (Lipinski definition) is 2. The maximum absolute atomic E-state index is 12.8. The van der Waals surface area contributed by atoms with Crippen molar-refractivity contribution in [1.29, 1.82) is 0 Å². The van der Waals surface area contributed by atoms with Crippen molar-refractivity contribution in [1.82, 2.24) is 9.97 Å². The second-order valence-electron chi connectivity index (χ2n) is 8.72. The Bertz CT molecular complexity index is 664. The first-order valence-corrected chi connectivity index (χ1v) is 12.2. The van der Waals surface area contributed by atoms with Gasteiger partial charge in [0.2, 0.25) is 0 Å². The number of halogens is 1. The summed E-state index contributed by atoms with van der Waals surface area (Å²) in [7, 11) is 0. The molecule has 0 amide bonds. The third-order valence-electron chi connectivity index (χ3n) is 5.80. The molecule has 1 aromatic carbocycles. The minimum absolute atomic E-state index is 0.670. The minimum atomic E-state index is -0.670. The summed E-state index contributed by atoms with van der Waals surface area (Å²) in [5.74, 6) is 0.804. The van der Waals surface area contributed by atoms with E-state index in [-0.39, 0.29) is 0 Å². The summed E-state index contributed by atoms with van der Waals surface area (Å²) in [6, 6.07) is 8.58. The average molecular weight is 413 g/mol. The molecule has 0 N–H and O–H groups in total. The van der Waals surface area contributed by atoms with Crippen LogP contribution in [0.4, 0.5) is 4.39 Å². The van der Waals surface area contributed by atoms with Gasteiger partial charge in [0.25, 0.3) is 0 Å². The van der Waals surface area contributed by atoms with E-state index in [2.05, 4.69) is 41.2 Å². The Kier molecular flexibility index (Phi) is 12.3. The van der Waals surface area contributed by atoms with Gasteiger partial charge < -0.3 is 0 Å². The summed E-state index contributed by atoms with van der Waals surface area (Å²) in [5, 5.41) is 0. The maximum Gasteiger partial charge on any atom is 0.159 e. The summed E-state index contributed by atoms with van der Waals surface area (Å²) >= 11 is 0. The zero-order valence-electron chi connectivity index (χ0n) is 19.2. The number of rotatable bonds is 16. The second kappa shape index (κ2) is 15.1. The summed E-state index contributed by atoms with van der Waals surface area (Å²) in [5.41, 5.74) is 3.64. The molecule has 2 aromatic rings. The fourth-order valence-electron chi connectivity index (χ4n) is 3.85. The van der Waals surface area contributed by atoms with Gasteiger partial charge in [0.15, 0.2) is 5.82 Å². The highest BCUT2D eigenvalue weighted by Crippen LogP contribution is 2.18. The lowest BCUT2D eigenvalue weighted by Crippen LogP contribution is -1.94.